The molecule has 2 heterocycles. The largest absolute Gasteiger partial charge is 0.486 e. The number of rotatable bonds is 4. The summed E-state index contributed by atoms with van der Waals surface area (Å²) in [5.74, 6) is 0.797. The molecule has 2 rings (SSSR count). The Hall–Kier alpha value is -1.84. The molecule has 0 N–H and O–H groups in total. The van der Waals surface area contributed by atoms with E-state index >= 15 is 0 Å². The Kier molecular flexibility index (Phi) is 3.19. The van der Waals surface area contributed by atoms with Gasteiger partial charge < -0.3 is 4.74 Å². The van der Waals surface area contributed by atoms with Crippen molar-refractivity contribution in [2.24, 2.45) is 0 Å². The minimum absolute atomic E-state index is 0.360. The van der Waals surface area contributed by atoms with Crippen LogP contribution in [0.2, 0.25) is 0 Å². The minimum atomic E-state index is 0.360. The monoisotopic (exact) mass is 217 g/mol. The smallest absolute Gasteiger partial charge is 0.157 e. The molecule has 84 valence electrons. The van der Waals surface area contributed by atoms with Crippen LogP contribution < -0.4 is 4.74 Å². The van der Waals surface area contributed by atoms with Gasteiger partial charge in [0.15, 0.2) is 5.75 Å². The van der Waals surface area contributed by atoms with Crippen LogP contribution in [0.3, 0.4) is 0 Å². The second-order valence-electron chi connectivity index (χ2n) is 3.89. The SMILES string of the molecule is CC(C)n1cc(OCc2ccncc2)cn1. The van der Waals surface area contributed by atoms with Gasteiger partial charge in [-0.25, -0.2) is 0 Å². The zero-order valence-electron chi connectivity index (χ0n) is 9.50. The van der Waals surface area contributed by atoms with Crippen LogP contribution in [-0.2, 0) is 6.61 Å². The molecule has 0 aromatic carbocycles. The molecule has 0 bridgehead atoms. The van der Waals surface area contributed by atoms with Gasteiger partial charge in [0.2, 0.25) is 0 Å². The first-order valence-corrected chi connectivity index (χ1v) is 5.31. The fourth-order valence-corrected chi connectivity index (χ4v) is 1.32. The summed E-state index contributed by atoms with van der Waals surface area (Å²) in [4.78, 5) is 3.96. The summed E-state index contributed by atoms with van der Waals surface area (Å²) in [6.45, 7) is 4.71. The van der Waals surface area contributed by atoms with Gasteiger partial charge in [-0.05, 0) is 31.5 Å². The summed E-state index contributed by atoms with van der Waals surface area (Å²) in [5.41, 5.74) is 1.10. The summed E-state index contributed by atoms with van der Waals surface area (Å²) in [7, 11) is 0. The Bertz CT molecular complexity index is 437. The van der Waals surface area contributed by atoms with Crippen molar-refractivity contribution in [2.75, 3.05) is 0 Å². The molecule has 0 atom stereocenters. The molecule has 0 fully saturated rings. The maximum atomic E-state index is 5.61. The highest BCUT2D eigenvalue weighted by Gasteiger charge is 2.02. The lowest BCUT2D eigenvalue weighted by Gasteiger charge is -2.04. The zero-order valence-corrected chi connectivity index (χ0v) is 9.50. The molecule has 0 radical (unpaired) electrons. The second kappa shape index (κ2) is 4.79. The van der Waals surface area contributed by atoms with Crippen molar-refractivity contribution in [1.82, 2.24) is 14.8 Å². The van der Waals surface area contributed by atoms with Gasteiger partial charge in [-0.3, -0.25) is 9.67 Å². The number of hydrogen-bond donors (Lipinski definition) is 0. The summed E-state index contributed by atoms with van der Waals surface area (Å²) in [6.07, 6.45) is 7.17. The van der Waals surface area contributed by atoms with Crippen LogP contribution in [-0.4, -0.2) is 14.8 Å². The lowest BCUT2D eigenvalue weighted by molar-refractivity contribution is 0.305. The van der Waals surface area contributed by atoms with Crippen LogP contribution in [0.4, 0.5) is 0 Å². The molecule has 0 amide bonds. The average molecular weight is 217 g/mol. The van der Waals surface area contributed by atoms with Crippen molar-refractivity contribution in [2.45, 2.75) is 26.5 Å². The molecule has 0 saturated carbocycles. The predicted octanol–water partition coefficient (Wildman–Crippen LogP) is 2.44. The van der Waals surface area contributed by atoms with E-state index in [9.17, 15) is 0 Å². The molecule has 0 aliphatic heterocycles. The predicted molar refractivity (Wildman–Crippen MR) is 61.2 cm³/mol. The highest BCUT2D eigenvalue weighted by atomic mass is 16.5. The van der Waals surface area contributed by atoms with Crippen molar-refractivity contribution in [3.8, 4) is 5.75 Å². The van der Waals surface area contributed by atoms with Gasteiger partial charge in [0.25, 0.3) is 0 Å². The molecule has 0 aliphatic carbocycles. The molecule has 16 heavy (non-hydrogen) atoms. The Labute approximate surface area is 94.9 Å². The molecule has 0 unspecified atom stereocenters. The second-order valence-corrected chi connectivity index (χ2v) is 3.89. The van der Waals surface area contributed by atoms with E-state index in [-0.39, 0.29) is 0 Å². The molecular weight excluding hydrogens is 202 g/mol. The quantitative estimate of drug-likeness (QED) is 0.789. The number of ether oxygens (including phenoxy) is 1. The number of hydrogen-bond acceptors (Lipinski definition) is 3. The topological polar surface area (TPSA) is 39.9 Å². The van der Waals surface area contributed by atoms with Gasteiger partial charge in [-0.2, -0.15) is 5.10 Å². The highest BCUT2D eigenvalue weighted by molar-refractivity contribution is 5.14. The van der Waals surface area contributed by atoms with E-state index in [0.717, 1.165) is 11.3 Å². The Balaban J connectivity index is 1.95. The molecule has 4 heteroatoms. The van der Waals surface area contributed by atoms with E-state index in [1.54, 1.807) is 18.6 Å². The van der Waals surface area contributed by atoms with Crippen LogP contribution in [0.25, 0.3) is 0 Å². The van der Waals surface area contributed by atoms with Gasteiger partial charge in [0.1, 0.15) is 6.61 Å². The molecule has 0 aliphatic rings. The Morgan fingerprint density at radius 1 is 1.31 bits per heavy atom. The van der Waals surface area contributed by atoms with Crippen LogP contribution in [0.1, 0.15) is 25.5 Å². The zero-order chi connectivity index (χ0) is 11.4. The fraction of sp³-hybridized carbons (Fsp3) is 0.333. The van der Waals surface area contributed by atoms with Gasteiger partial charge in [0.05, 0.1) is 12.4 Å². The first kappa shape index (κ1) is 10.7. The fourth-order valence-electron chi connectivity index (χ4n) is 1.32. The highest BCUT2D eigenvalue weighted by Crippen LogP contribution is 2.13. The molecule has 4 nitrogen and oxygen atoms in total. The van der Waals surface area contributed by atoms with E-state index in [1.165, 1.54) is 0 Å². The summed E-state index contributed by atoms with van der Waals surface area (Å²) in [5, 5.41) is 4.21. The molecule has 2 aromatic heterocycles. The van der Waals surface area contributed by atoms with E-state index in [0.29, 0.717) is 12.6 Å². The first-order valence-electron chi connectivity index (χ1n) is 5.31. The molecule has 0 saturated heterocycles. The molecular formula is C12H15N3O. The lowest BCUT2D eigenvalue weighted by Crippen LogP contribution is -2.00. The van der Waals surface area contributed by atoms with E-state index in [2.05, 4.69) is 23.9 Å². The van der Waals surface area contributed by atoms with E-state index in [4.69, 9.17) is 4.74 Å². The van der Waals surface area contributed by atoms with Crippen LogP contribution >= 0.6 is 0 Å². The number of aromatic nitrogens is 3. The third kappa shape index (κ3) is 2.59. The van der Waals surface area contributed by atoms with Gasteiger partial charge in [0, 0.05) is 18.4 Å². The van der Waals surface area contributed by atoms with Crippen LogP contribution in [0, 0.1) is 0 Å². The normalized spacial score (nSPS) is 10.7. The lowest BCUT2D eigenvalue weighted by atomic mass is 10.3. The van der Waals surface area contributed by atoms with Crippen LogP contribution in [0.5, 0.6) is 5.75 Å². The van der Waals surface area contributed by atoms with Crippen LogP contribution in [0.15, 0.2) is 36.9 Å². The number of pyridine rings is 1. The van der Waals surface area contributed by atoms with Gasteiger partial charge >= 0.3 is 0 Å². The third-order valence-electron chi connectivity index (χ3n) is 2.26. The van der Waals surface area contributed by atoms with Gasteiger partial charge in [-0.1, -0.05) is 0 Å². The molecule has 0 spiro atoms. The minimum Gasteiger partial charge on any atom is -0.486 e. The number of nitrogens with zero attached hydrogens (tertiary/aromatic N) is 3. The van der Waals surface area contributed by atoms with Crippen molar-refractivity contribution in [3.63, 3.8) is 0 Å². The van der Waals surface area contributed by atoms with E-state index in [1.807, 2.05) is 23.0 Å². The van der Waals surface area contributed by atoms with Crippen molar-refractivity contribution < 1.29 is 4.74 Å². The van der Waals surface area contributed by atoms with Crippen molar-refractivity contribution >= 4 is 0 Å². The van der Waals surface area contributed by atoms with E-state index < -0.39 is 0 Å². The molecule has 2 aromatic rings. The maximum absolute atomic E-state index is 5.61. The maximum Gasteiger partial charge on any atom is 0.157 e. The van der Waals surface area contributed by atoms with Crippen molar-refractivity contribution in [3.05, 3.63) is 42.5 Å². The third-order valence-corrected chi connectivity index (χ3v) is 2.26. The standard InChI is InChI=1S/C12H15N3O/c1-10(2)15-8-12(7-14-15)16-9-11-3-5-13-6-4-11/h3-8,10H,9H2,1-2H3. The Morgan fingerprint density at radius 3 is 2.69 bits per heavy atom. The van der Waals surface area contributed by atoms with Crippen molar-refractivity contribution in [1.29, 1.82) is 0 Å². The first-order chi connectivity index (χ1) is 7.75. The average Bonchev–Trinajstić information content (AvgIpc) is 2.76. The summed E-state index contributed by atoms with van der Waals surface area (Å²) < 4.78 is 7.49. The van der Waals surface area contributed by atoms with Gasteiger partial charge in [-0.15, -0.1) is 0 Å². The summed E-state index contributed by atoms with van der Waals surface area (Å²) >= 11 is 0. The summed E-state index contributed by atoms with van der Waals surface area (Å²) in [6, 6.07) is 4.23. The Morgan fingerprint density at radius 2 is 2.06 bits per heavy atom.